The molecule has 0 aliphatic heterocycles. The van der Waals surface area contributed by atoms with E-state index < -0.39 is 0 Å². The van der Waals surface area contributed by atoms with E-state index in [2.05, 4.69) is 10.6 Å². The lowest BCUT2D eigenvalue weighted by Gasteiger charge is -2.31. The Morgan fingerprint density at radius 1 is 1.44 bits per heavy atom. The van der Waals surface area contributed by atoms with Gasteiger partial charge in [0.25, 0.3) is 0 Å². The molecule has 0 radical (unpaired) electrons. The van der Waals surface area contributed by atoms with Crippen LogP contribution in [0.2, 0.25) is 0 Å². The van der Waals surface area contributed by atoms with E-state index in [-0.39, 0.29) is 24.6 Å². The molecule has 0 saturated heterocycles. The van der Waals surface area contributed by atoms with E-state index in [1.807, 2.05) is 6.92 Å². The minimum absolute atomic E-state index is 0.0122. The first kappa shape index (κ1) is 15.4. The van der Waals surface area contributed by atoms with Gasteiger partial charge in [-0.1, -0.05) is 12.8 Å². The molecular formula is C13H26N2O3. The summed E-state index contributed by atoms with van der Waals surface area (Å²) in [6, 6.07) is 0.302. The second kappa shape index (κ2) is 8.45. The molecule has 0 aromatic rings. The first-order valence-corrected chi connectivity index (χ1v) is 6.80. The van der Waals surface area contributed by atoms with Gasteiger partial charge in [-0.05, 0) is 25.7 Å². The number of aliphatic hydroxyl groups excluding tert-OH is 1. The molecule has 3 unspecified atom stereocenters. The zero-order chi connectivity index (χ0) is 13.4. The van der Waals surface area contributed by atoms with Crippen LogP contribution in [0.3, 0.4) is 0 Å². The second-order valence-corrected chi connectivity index (χ2v) is 5.14. The van der Waals surface area contributed by atoms with Gasteiger partial charge >= 0.3 is 0 Å². The number of ether oxygens (including phenoxy) is 1. The summed E-state index contributed by atoms with van der Waals surface area (Å²) in [6.07, 6.45) is 4.46. The molecule has 0 aromatic heterocycles. The Morgan fingerprint density at radius 2 is 2.17 bits per heavy atom. The smallest absolute Gasteiger partial charge is 0.234 e. The predicted octanol–water partition coefficient (Wildman–Crippen LogP) is 0.278. The topological polar surface area (TPSA) is 70.6 Å². The van der Waals surface area contributed by atoms with Gasteiger partial charge in [0, 0.05) is 25.8 Å². The van der Waals surface area contributed by atoms with Gasteiger partial charge in [-0.2, -0.15) is 0 Å². The summed E-state index contributed by atoms with van der Waals surface area (Å²) in [7, 11) is 1.62. The number of methoxy groups -OCH3 is 1. The van der Waals surface area contributed by atoms with Crippen LogP contribution >= 0.6 is 0 Å². The highest BCUT2D eigenvalue weighted by molar-refractivity contribution is 5.78. The van der Waals surface area contributed by atoms with Gasteiger partial charge in [-0.25, -0.2) is 0 Å². The molecule has 0 bridgehead atoms. The maximum atomic E-state index is 11.7. The molecule has 0 heterocycles. The third-order valence-corrected chi connectivity index (χ3v) is 3.49. The summed E-state index contributed by atoms with van der Waals surface area (Å²) in [5, 5.41) is 15.4. The van der Waals surface area contributed by atoms with Crippen molar-refractivity contribution in [2.24, 2.45) is 5.92 Å². The van der Waals surface area contributed by atoms with Crippen LogP contribution < -0.4 is 10.6 Å². The van der Waals surface area contributed by atoms with E-state index in [0.29, 0.717) is 19.1 Å². The largest absolute Gasteiger partial charge is 0.396 e. The Hall–Kier alpha value is -0.650. The lowest BCUT2D eigenvalue weighted by molar-refractivity contribution is -0.121. The number of amides is 1. The van der Waals surface area contributed by atoms with Gasteiger partial charge in [-0.3, -0.25) is 4.79 Å². The van der Waals surface area contributed by atoms with Crippen molar-refractivity contribution in [2.75, 3.05) is 26.9 Å². The maximum absolute atomic E-state index is 11.7. The fraction of sp³-hybridized carbons (Fsp3) is 0.923. The van der Waals surface area contributed by atoms with Gasteiger partial charge in [0.05, 0.1) is 13.2 Å². The average molecular weight is 258 g/mol. The molecule has 3 N–H and O–H groups in total. The molecule has 1 rings (SSSR count). The number of hydrogen-bond donors (Lipinski definition) is 3. The van der Waals surface area contributed by atoms with Crippen molar-refractivity contribution in [3.8, 4) is 0 Å². The molecule has 1 aliphatic carbocycles. The Bertz CT molecular complexity index is 248. The number of rotatable bonds is 7. The summed E-state index contributed by atoms with van der Waals surface area (Å²) in [6.45, 7) is 2.96. The zero-order valence-corrected chi connectivity index (χ0v) is 11.4. The van der Waals surface area contributed by atoms with E-state index >= 15 is 0 Å². The van der Waals surface area contributed by atoms with Gasteiger partial charge < -0.3 is 20.5 Å². The molecule has 0 aromatic carbocycles. The SMILES string of the molecule is COCC(C)NC(=O)CNC1CCCCC1CO. The first-order chi connectivity index (χ1) is 8.67. The summed E-state index contributed by atoms with van der Waals surface area (Å²) in [5.41, 5.74) is 0. The zero-order valence-electron chi connectivity index (χ0n) is 11.4. The molecule has 0 spiro atoms. The molecule has 1 amide bonds. The van der Waals surface area contributed by atoms with E-state index in [4.69, 9.17) is 4.74 Å². The lowest BCUT2D eigenvalue weighted by atomic mass is 9.85. The van der Waals surface area contributed by atoms with Crippen molar-refractivity contribution >= 4 is 5.91 Å². The van der Waals surface area contributed by atoms with Crippen LogP contribution in [0.25, 0.3) is 0 Å². The summed E-state index contributed by atoms with van der Waals surface area (Å²) < 4.78 is 4.97. The van der Waals surface area contributed by atoms with Crippen LogP contribution in [-0.2, 0) is 9.53 Å². The minimum atomic E-state index is -0.0122. The van der Waals surface area contributed by atoms with Gasteiger partial charge in [-0.15, -0.1) is 0 Å². The normalized spacial score (nSPS) is 25.7. The van der Waals surface area contributed by atoms with Crippen molar-refractivity contribution in [2.45, 2.75) is 44.7 Å². The molecule has 1 fully saturated rings. The van der Waals surface area contributed by atoms with Crippen molar-refractivity contribution in [1.82, 2.24) is 10.6 Å². The summed E-state index contributed by atoms with van der Waals surface area (Å²) in [5.74, 6) is 0.282. The van der Waals surface area contributed by atoms with Crippen LogP contribution in [0.1, 0.15) is 32.6 Å². The maximum Gasteiger partial charge on any atom is 0.234 e. The average Bonchev–Trinajstić information content (AvgIpc) is 2.37. The minimum Gasteiger partial charge on any atom is -0.396 e. The van der Waals surface area contributed by atoms with Crippen molar-refractivity contribution in [1.29, 1.82) is 0 Å². The Labute approximate surface area is 109 Å². The highest BCUT2D eigenvalue weighted by Crippen LogP contribution is 2.23. The molecule has 5 heteroatoms. The summed E-state index contributed by atoms with van der Waals surface area (Å²) in [4.78, 5) is 11.7. The van der Waals surface area contributed by atoms with Crippen molar-refractivity contribution in [3.63, 3.8) is 0 Å². The van der Waals surface area contributed by atoms with E-state index in [1.54, 1.807) is 7.11 Å². The van der Waals surface area contributed by atoms with Crippen LogP contribution in [-0.4, -0.2) is 50.0 Å². The van der Waals surface area contributed by atoms with Gasteiger partial charge in [0.15, 0.2) is 0 Å². The number of nitrogens with one attached hydrogen (secondary N) is 2. The van der Waals surface area contributed by atoms with E-state index in [1.165, 1.54) is 12.8 Å². The third-order valence-electron chi connectivity index (χ3n) is 3.49. The van der Waals surface area contributed by atoms with Crippen LogP contribution in [0.15, 0.2) is 0 Å². The van der Waals surface area contributed by atoms with Gasteiger partial charge in [0.2, 0.25) is 5.91 Å². The quantitative estimate of drug-likeness (QED) is 0.613. The van der Waals surface area contributed by atoms with Crippen molar-refractivity contribution < 1.29 is 14.6 Å². The van der Waals surface area contributed by atoms with E-state index in [9.17, 15) is 9.90 Å². The fourth-order valence-corrected chi connectivity index (χ4v) is 2.54. The number of aliphatic hydroxyl groups is 1. The highest BCUT2D eigenvalue weighted by atomic mass is 16.5. The van der Waals surface area contributed by atoms with Crippen molar-refractivity contribution in [3.05, 3.63) is 0 Å². The fourth-order valence-electron chi connectivity index (χ4n) is 2.54. The first-order valence-electron chi connectivity index (χ1n) is 6.80. The monoisotopic (exact) mass is 258 g/mol. The Kier molecular flexibility index (Phi) is 7.23. The molecule has 3 atom stereocenters. The van der Waals surface area contributed by atoms with Crippen LogP contribution in [0.5, 0.6) is 0 Å². The molecule has 1 saturated carbocycles. The third kappa shape index (κ3) is 5.33. The lowest BCUT2D eigenvalue weighted by Crippen LogP contribution is -2.47. The van der Waals surface area contributed by atoms with Crippen LogP contribution in [0, 0.1) is 5.92 Å². The number of carbonyl (C=O) groups excluding carboxylic acids is 1. The second-order valence-electron chi connectivity index (χ2n) is 5.14. The Balaban J connectivity index is 2.24. The molecular weight excluding hydrogens is 232 g/mol. The summed E-state index contributed by atoms with van der Waals surface area (Å²) >= 11 is 0. The molecule has 5 nitrogen and oxygen atoms in total. The molecule has 1 aliphatic rings. The number of carbonyl (C=O) groups is 1. The van der Waals surface area contributed by atoms with E-state index in [0.717, 1.165) is 12.8 Å². The van der Waals surface area contributed by atoms with Gasteiger partial charge in [0.1, 0.15) is 0 Å². The molecule has 18 heavy (non-hydrogen) atoms. The van der Waals surface area contributed by atoms with Crippen LogP contribution in [0.4, 0.5) is 0 Å². The molecule has 106 valence electrons. The standard InChI is InChI=1S/C13H26N2O3/c1-10(9-18-2)15-13(17)7-14-12-6-4-3-5-11(12)8-16/h10-12,14,16H,3-9H2,1-2H3,(H,15,17). The number of hydrogen-bond acceptors (Lipinski definition) is 4. The Morgan fingerprint density at radius 3 is 2.83 bits per heavy atom. The predicted molar refractivity (Wildman–Crippen MR) is 70.3 cm³/mol. The highest BCUT2D eigenvalue weighted by Gasteiger charge is 2.24.